The first-order chi connectivity index (χ1) is 29.4. The van der Waals surface area contributed by atoms with Gasteiger partial charge in [-0.25, -0.2) is 0 Å². The number of nitriles is 4. The summed E-state index contributed by atoms with van der Waals surface area (Å²) in [6.45, 7) is 12.6. The van der Waals surface area contributed by atoms with Crippen LogP contribution in [0.2, 0.25) is 0 Å². The third-order valence-corrected chi connectivity index (χ3v) is 12.0. The van der Waals surface area contributed by atoms with E-state index in [1.54, 1.807) is 12.1 Å². The van der Waals surface area contributed by atoms with E-state index < -0.39 is 6.71 Å². The number of ether oxygens (including phenoxy) is 1. The van der Waals surface area contributed by atoms with Gasteiger partial charge in [0.25, 0.3) is 6.71 Å². The molecule has 7 heteroatoms. The summed E-state index contributed by atoms with van der Waals surface area (Å²) in [6, 6.07) is 54.1. The Kier molecular flexibility index (Phi) is 9.17. The maximum atomic E-state index is 11.7. The lowest BCUT2D eigenvalue weighted by Gasteiger charge is -2.42. The van der Waals surface area contributed by atoms with Crippen molar-refractivity contribution >= 4 is 40.2 Å². The molecule has 0 amide bonds. The molecule has 61 heavy (non-hydrogen) atoms. The van der Waals surface area contributed by atoms with Crippen LogP contribution in [-0.2, 0) is 10.8 Å². The van der Waals surface area contributed by atoms with Gasteiger partial charge >= 0.3 is 0 Å². The van der Waals surface area contributed by atoms with E-state index in [1.807, 2.05) is 60.7 Å². The quantitative estimate of drug-likeness (QED) is 0.164. The highest BCUT2D eigenvalue weighted by Crippen LogP contribution is 2.52. The highest BCUT2D eigenvalue weighted by Gasteiger charge is 2.47. The van der Waals surface area contributed by atoms with E-state index in [4.69, 9.17) is 4.74 Å². The number of hydrogen-bond acceptors (Lipinski definition) is 6. The van der Waals surface area contributed by atoms with Crippen molar-refractivity contribution in [3.05, 3.63) is 167 Å². The van der Waals surface area contributed by atoms with Gasteiger partial charge in [-0.05, 0) is 67.2 Å². The van der Waals surface area contributed by atoms with E-state index in [2.05, 4.69) is 131 Å². The van der Waals surface area contributed by atoms with Crippen molar-refractivity contribution < 1.29 is 4.74 Å². The van der Waals surface area contributed by atoms with Crippen LogP contribution < -0.4 is 26.0 Å². The van der Waals surface area contributed by atoms with Crippen LogP contribution in [0.1, 0.15) is 74.9 Å². The lowest BCUT2D eigenvalue weighted by atomic mass is 9.33. The zero-order chi connectivity index (χ0) is 42.8. The van der Waals surface area contributed by atoms with Gasteiger partial charge < -0.3 is 9.64 Å². The number of fused-ring (bicyclic) bond motifs is 4. The number of rotatable bonds is 4. The van der Waals surface area contributed by atoms with Crippen LogP contribution in [0.3, 0.4) is 0 Å². The molecule has 290 valence electrons. The first-order valence-corrected chi connectivity index (χ1v) is 20.4. The average Bonchev–Trinajstić information content (AvgIpc) is 3.27. The largest absolute Gasteiger partial charge is 0.456 e. The van der Waals surface area contributed by atoms with Crippen LogP contribution in [0.5, 0.6) is 11.5 Å². The fourth-order valence-electron chi connectivity index (χ4n) is 8.93. The van der Waals surface area contributed by atoms with Gasteiger partial charge in [0.05, 0.1) is 39.3 Å². The summed E-state index contributed by atoms with van der Waals surface area (Å²) in [4.78, 5) is 2.10. The van der Waals surface area contributed by atoms with Gasteiger partial charge in [-0.3, -0.25) is 0 Å². The van der Waals surface area contributed by atoms with Gasteiger partial charge in [0.15, 0.2) is 0 Å². The van der Waals surface area contributed by atoms with E-state index >= 15 is 0 Å². The number of nitrogens with zero attached hydrogens (tertiary/aromatic N) is 5. The molecular weight excluding hydrogens is 745 g/mol. The van der Waals surface area contributed by atoms with Crippen molar-refractivity contribution in [1.82, 2.24) is 0 Å². The molecule has 2 aliphatic heterocycles. The monoisotopic (exact) mass is 785 g/mol. The van der Waals surface area contributed by atoms with Gasteiger partial charge in [-0.1, -0.05) is 163 Å². The molecule has 0 bridgehead atoms. The molecule has 0 unspecified atom stereocenters. The Morgan fingerprint density at radius 2 is 1.03 bits per heavy atom. The minimum absolute atomic E-state index is 0.179. The van der Waals surface area contributed by atoms with Crippen LogP contribution in [-0.4, -0.2) is 6.71 Å². The summed E-state index contributed by atoms with van der Waals surface area (Å²) in [5, 5.41) is 43.9. The molecule has 2 aliphatic rings. The molecule has 0 radical (unpaired) electrons. The molecule has 9 rings (SSSR count). The molecule has 6 nitrogen and oxygen atoms in total. The van der Waals surface area contributed by atoms with Crippen molar-refractivity contribution in [3.8, 4) is 69.2 Å². The van der Waals surface area contributed by atoms with Crippen LogP contribution >= 0.6 is 0 Å². The summed E-state index contributed by atoms with van der Waals surface area (Å²) in [5.41, 5.74) is 12.6. The van der Waals surface area contributed by atoms with Gasteiger partial charge in [0, 0.05) is 16.7 Å². The van der Waals surface area contributed by atoms with E-state index in [1.165, 1.54) is 0 Å². The molecule has 0 saturated heterocycles. The van der Waals surface area contributed by atoms with Crippen LogP contribution in [0.15, 0.2) is 133 Å². The minimum Gasteiger partial charge on any atom is -0.456 e. The summed E-state index contributed by atoms with van der Waals surface area (Å²) in [7, 11) is 0. The summed E-state index contributed by atoms with van der Waals surface area (Å²) in [6.07, 6.45) is 0. The average molecular weight is 786 g/mol. The van der Waals surface area contributed by atoms with E-state index in [0.29, 0.717) is 44.9 Å². The zero-order valence-electron chi connectivity index (χ0n) is 34.9. The Labute approximate surface area is 357 Å². The molecule has 0 aliphatic carbocycles. The van der Waals surface area contributed by atoms with Crippen LogP contribution in [0, 0.1) is 45.3 Å². The Bertz CT molecular complexity index is 3040. The molecule has 7 aromatic rings. The van der Waals surface area contributed by atoms with Crippen molar-refractivity contribution in [2.75, 3.05) is 4.90 Å². The maximum Gasteiger partial charge on any atom is 0.256 e. The van der Waals surface area contributed by atoms with Gasteiger partial charge in [0.2, 0.25) is 0 Å². The minimum atomic E-state index is -0.593. The van der Waals surface area contributed by atoms with E-state index in [9.17, 15) is 21.0 Å². The first-order valence-electron chi connectivity index (χ1n) is 20.4. The molecule has 0 atom stereocenters. The molecular formula is C54H40BN5O. The number of anilines is 3. The summed E-state index contributed by atoms with van der Waals surface area (Å²) in [5.74, 6) is 0.653. The van der Waals surface area contributed by atoms with Gasteiger partial charge in [-0.2, -0.15) is 21.0 Å². The zero-order valence-corrected chi connectivity index (χ0v) is 34.9. The van der Waals surface area contributed by atoms with Crippen LogP contribution in [0.25, 0.3) is 33.4 Å². The second-order valence-corrected chi connectivity index (χ2v) is 17.8. The van der Waals surface area contributed by atoms with Crippen molar-refractivity contribution in [3.63, 3.8) is 0 Å². The number of benzene rings is 7. The normalized spacial score (nSPS) is 12.4. The molecule has 0 aromatic heterocycles. The SMILES string of the molecule is CC(C)(C)c1cc(-c2ccc3c(c2C#N)N(c2c(-c4ccccc4)cccc2-c2ccccc2)c2c(C#N)cc(C#N)c4c2B3c2cccc(C#N)c2O4)cc(C(C)(C)C)c1. The fourth-order valence-corrected chi connectivity index (χ4v) is 8.93. The second kappa shape index (κ2) is 14.5. The molecule has 0 spiro atoms. The Morgan fingerprint density at radius 3 is 1.57 bits per heavy atom. The predicted octanol–water partition coefficient (Wildman–Crippen LogP) is 11.2. The molecule has 0 N–H and O–H groups in total. The lowest BCUT2D eigenvalue weighted by Crippen LogP contribution is -2.60. The number of hydrogen-bond donors (Lipinski definition) is 0. The second-order valence-electron chi connectivity index (χ2n) is 17.8. The number of para-hydroxylation sites is 2. The highest BCUT2D eigenvalue weighted by molar-refractivity contribution is 6.99. The Balaban J connectivity index is 1.50. The van der Waals surface area contributed by atoms with Crippen LogP contribution in [0.4, 0.5) is 17.1 Å². The highest BCUT2D eigenvalue weighted by atomic mass is 16.5. The van der Waals surface area contributed by atoms with Crippen molar-refractivity contribution in [2.45, 2.75) is 52.4 Å². The smallest absolute Gasteiger partial charge is 0.256 e. The predicted molar refractivity (Wildman–Crippen MR) is 245 cm³/mol. The summed E-state index contributed by atoms with van der Waals surface area (Å²) >= 11 is 0. The van der Waals surface area contributed by atoms with Gasteiger partial charge in [0.1, 0.15) is 35.8 Å². The molecule has 0 saturated carbocycles. The van der Waals surface area contributed by atoms with Crippen molar-refractivity contribution in [2.24, 2.45) is 0 Å². The summed E-state index contributed by atoms with van der Waals surface area (Å²) < 4.78 is 6.69. The van der Waals surface area contributed by atoms with E-state index in [-0.39, 0.29) is 22.0 Å². The van der Waals surface area contributed by atoms with E-state index in [0.717, 1.165) is 55.7 Å². The topological polar surface area (TPSA) is 108 Å². The Hall–Kier alpha value is -7.84. The first kappa shape index (κ1) is 38.7. The molecule has 7 aromatic carbocycles. The van der Waals surface area contributed by atoms with Gasteiger partial charge in [-0.15, -0.1) is 0 Å². The lowest BCUT2D eigenvalue weighted by molar-refractivity contribution is 0.484. The molecule has 0 fully saturated rings. The standard InChI is InChI=1S/C54H40BN5O/c1-53(2,3)39-26-36(27-40(28-39)54(4,5)6)41-23-24-45-50(44(41)32-59)60(49-42(33-15-9-7-10-16-33)20-14-21-43(49)34-17-11-8-12-18-34)48-37(30-57)25-38(31-58)52-47(48)55(45)46-22-13-19-35(29-56)51(46)61-52/h7-28H,1-6H3. The Morgan fingerprint density at radius 1 is 0.459 bits per heavy atom. The third-order valence-electron chi connectivity index (χ3n) is 12.0. The fraction of sp³-hybridized carbons (Fsp3) is 0.148. The maximum absolute atomic E-state index is 11.7. The van der Waals surface area contributed by atoms with Crippen molar-refractivity contribution in [1.29, 1.82) is 21.0 Å². The molecule has 2 heterocycles. The third kappa shape index (κ3) is 6.23.